The largest absolute Gasteiger partial charge is 0.495 e. The standard InChI is InChI=1S/C25H33N3O/c1-29-25-11-5-4-10-24(25)27-15-13-26(14-16-27)22-9-6-12-28(19-22)23-17-20-7-2-3-8-21(20)18-23/h2-5,7-8,10-11,22-23H,6,9,12-19H2,1H3/t22-/m1/s1. The number of ether oxygens (including phenoxy) is 1. The Balaban J connectivity index is 1.18. The second-order valence-electron chi connectivity index (χ2n) is 8.82. The van der Waals surface area contributed by atoms with Crippen LogP contribution in [0.4, 0.5) is 5.69 Å². The van der Waals surface area contributed by atoms with Gasteiger partial charge in [0.2, 0.25) is 0 Å². The van der Waals surface area contributed by atoms with Crippen LogP contribution < -0.4 is 9.64 Å². The normalized spacial score (nSPS) is 23.9. The lowest BCUT2D eigenvalue weighted by Gasteiger charge is -2.45. The number of nitrogens with zero attached hydrogens (tertiary/aromatic N) is 3. The van der Waals surface area contributed by atoms with Crippen molar-refractivity contribution in [1.29, 1.82) is 0 Å². The van der Waals surface area contributed by atoms with E-state index in [0.29, 0.717) is 12.1 Å². The molecule has 154 valence electrons. The zero-order valence-corrected chi connectivity index (χ0v) is 17.6. The molecule has 4 nitrogen and oxygen atoms in total. The van der Waals surface area contributed by atoms with E-state index in [1.54, 1.807) is 18.2 Å². The molecule has 3 aliphatic rings. The van der Waals surface area contributed by atoms with Gasteiger partial charge < -0.3 is 9.64 Å². The van der Waals surface area contributed by atoms with Crippen LogP contribution in [-0.2, 0) is 12.8 Å². The molecular weight excluding hydrogens is 358 g/mol. The van der Waals surface area contributed by atoms with Crippen molar-refractivity contribution in [1.82, 2.24) is 9.80 Å². The fourth-order valence-electron chi connectivity index (χ4n) is 5.63. The highest BCUT2D eigenvalue weighted by Gasteiger charge is 2.33. The Kier molecular flexibility index (Phi) is 5.47. The minimum Gasteiger partial charge on any atom is -0.495 e. The summed E-state index contributed by atoms with van der Waals surface area (Å²) in [5.74, 6) is 0.991. The number of hydrogen-bond acceptors (Lipinski definition) is 4. The predicted molar refractivity (Wildman–Crippen MR) is 119 cm³/mol. The topological polar surface area (TPSA) is 19.0 Å². The van der Waals surface area contributed by atoms with Gasteiger partial charge in [0.05, 0.1) is 12.8 Å². The van der Waals surface area contributed by atoms with E-state index in [0.717, 1.165) is 31.9 Å². The summed E-state index contributed by atoms with van der Waals surface area (Å²) in [7, 11) is 1.77. The maximum atomic E-state index is 5.58. The van der Waals surface area contributed by atoms with Crippen LogP contribution in [-0.4, -0.2) is 68.3 Å². The summed E-state index contributed by atoms with van der Waals surface area (Å²) in [6, 6.07) is 18.9. The fourth-order valence-corrected chi connectivity index (χ4v) is 5.63. The number of methoxy groups -OCH3 is 1. The summed E-state index contributed by atoms with van der Waals surface area (Å²) in [6.07, 6.45) is 5.17. The lowest BCUT2D eigenvalue weighted by Crippen LogP contribution is -2.56. The molecule has 2 aromatic rings. The second kappa shape index (κ2) is 8.37. The number of piperazine rings is 1. The molecular formula is C25H33N3O. The van der Waals surface area contributed by atoms with Gasteiger partial charge in [-0.15, -0.1) is 0 Å². The maximum absolute atomic E-state index is 5.58. The van der Waals surface area contributed by atoms with Crippen molar-refractivity contribution in [3.8, 4) is 5.75 Å². The van der Waals surface area contributed by atoms with Crippen molar-refractivity contribution < 1.29 is 4.74 Å². The van der Waals surface area contributed by atoms with Gasteiger partial charge in [0.25, 0.3) is 0 Å². The molecule has 5 rings (SSSR count). The molecule has 4 heteroatoms. The quantitative estimate of drug-likeness (QED) is 0.795. The van der Waals surface area contributed by atoms with Crippen LogP contribution in [0.1, 0.15) is 24.0 Å². The minimum absolute atomic E-state index is 0.713. The van der Waals surface area contributed by atoms with E-state index < -0.39 is 0 Å². The van der Waals surface area contributed by atoms with Gasteiger partial charge in [-0.3, -0.25) is 9.80 Å². The lowest BCUT2D eigenvalue weighted by molar-refractivity contribution is 0.0695. The van der Waals surface area contributed by atoms with E-state index in [4.69, 9.17) is 4.74 Å². The molecule has 0 N–H and O–H groups in total. The number of anilines is 1. The highest BCUT2D eigenvalue weighted by atomic mass is 16.5. The Morgan fingerprint density at radius 1 is 0.759 bits per heavy atom. The van der Waals surface area contributed by atoms with Crippen LogP contribution in [0.5, 0.6) is 5.75 Å². The molecule has 1 atom stereocenters. The average Bonchev–Trinajstić information content (AvgIpc) is 3.24. The first-order chi connectivity index (χ1) is 14.3. The third-order valence-corrected chi connectivity index (χ3v) is 7.23. The summed E-state index contributed by atoms with van der Waals surface area (Å²) in [6.45, 7) is 7.00. The molecule has 2 heterocycles. The van der Waals surface area contributed by atoms with Crippen LogP contribution in [0.15, 0.2) is 48.5 Å². The summed E-state index contributed by atoms with van der Waals surface area (Å²) < 4.78 is 5.58. The highest BCUT2D eigenvalue weighted by Crippen LogP contribution is 2.31. The van der Waals surface area contributed by atoms with Gasteiger partial charge in [-0.1, -0.05) is 36.4 Å². The van der Waals surface area contributed by atoms with Gasteiger partial charge in [0.15, 0.2) is 0 Å². The molecule has 0 spiro atoms. The average molecular weight is 392 g/mol. The molecule has 0 aromatic heterocycles. The molecule has 0 unspecified atom stereocenters. The monoisotopic (exact) mass is 391 g/mol. The van der Waals surface area contributed by atoms with Crippen LogP contribution >= 0.6 is 0 Å². The predicted octanol–water partition coefficient (Wildman–Crippen LogP) is 3.45. The van der Waals surface area contributed by atoms with E-state index in [2.05, 4.69) is 63.2 Å². The van der Waals surface area contributed by atoms with E-state index in [-0.39, 0.29) is 0 Å². The van der Waals surface area contributed by atoms with E-state index in [9.17, 15) is 0 Å². The summed E-state index contributed by atoms with van der Waals surface area (Å²) >= 11 is 0. The molecule has 0 bridgehead atoms. The Labute approximate surface area is 175 Å². The summed E-state index contributed by atoms with van der Waals surface area (Å²) in [5.41, 5.74) is 4.39. The molecule has 2 fully saturated rings. The fraction of sp³-hybridized carbons (Fsp3) is 0.520. The smallest absolute Gasteiger partial charge is 0.142 e. The van der Waals surface area contributed by atoms with E-state index >= 15 is 0 Å². The molecule has 0 saturated carbocycles. The van der Waals surface area contributed by atoms with Gasteiger partial charge in [-0.05, 0) is 55.5 Å². The maximum Gasteiger partial charge on any atom is 0.142 e. The highest BCUT2D eigenvalue weighted by molar-refractivity contribution is 5.58. The minimum atomic E-state index is 0.713. The number of rotatable bonds is 4. The molecule has 0 amide bonds. The van der Waals surface area contributed by atoms with Gasteiger partial charge in [0.1, 0.15) is 5.75 Å². The number of fused-ring (bicyclic) bond motifs is 1. The van der Waals surface area contributed by atoms with Crippen molar-refractivity contribution in [2.45, 2.75) is 37.8 Å². The van der Waals surface area contributed by atoms with Crippen molar-refractivity contribution >= 4 is 5.69 Å². The van der Waals surface area contributed by atoms with Gasteiger partial charge in [-0.2, -0.15) is 0 Å². The first-order valence-corrected chi connectivity index (χ1v) is 11.2. The molecule has 2 aromatic carbocycles. The number of likely N-dealkylation sites (tertiary alicyclic amines) is 1. The number of benzene rings is 2. The molecule has 0 radical (unpaired) electrons. The SMILES string of the molecule is COc1ccccc1N1CCN([C@@H]2CCCN(C3Cc4ccccc4C3)C2)CC1. The lowest BCUT2D eigenvalue weighted by atomic mass is 10.00. The van der Waals surface area contributed by atoms with E-state index in [1.165, 1.54) is 44.5 Å². The van der Waals surface area contributed by atoms with Crippen LogP contribution in [0.25, 0.3) is 0 Å². The molecule has 29 heavy (non-hydrogen) atoms. The zero-order valence-electron chi connectivity index (χ0n) is 17.6. The Morgan fingerprint density at radius 2 is 1.45 bits per heavy atom. The second-order valence-corrected chi connectivity index (χ2v) is 8.82. The van der Waals surface area contributed by atoms with E-state index in [1.807, 2.05) is 0 Å². The van der Waals surface area contributed by atoms with Gasteiger partial charge in [-0.25, -0.2) is 0 Å². The van der Waals surface area contributed by atoms with Crippen molar-refractivity contribution in [2.75, 3.05) is 51.3 Å². The first kappa shape index (κ1) is 19.0. The summed E-state index contributed by atoms with van der Waals surface area (Å²) in [5, 5.41) is 0. The van der Waals surface area contributed by atoms with Crippen LogP contribution in [0, 0.1) is 0 Å². The number of piperidine rings is 1. The third kappa shape index (κ3) is 3.88. The third-order valence-electron chi connectivity index (χ3n) is 7.23. The van der Waals surface area contributed by atoms with Crippen LogP contribution in [0.3, 0.4) is 0 Å². The first-order valence-electron chi connectivity index (χ1n) is 11.2. The Hall–Kier alpha value is -2.04. The van der Waals surface area contributed by atoms with Crippen LogP contribution in [0.2, 0.25) is 0 Å². The van der Waals surface area contributed by atoms with Crippen molar-refractivity contribution in [3.05, 3.63) is 59.7 Å². The number of para-hydroxylation sites is 2. The Bertz CT molecular complexity index is 805. The van der Waals surface area contributed by atoms with Crippen molar-refractivity contribution in [2.24, 2.45) is 0 Å². The van der Waals surface area contributed by atoms with Gasteiger partial charge >= 0.3 is 0 Å². The molecule has 1 aliphatic carbocycles. The molecule has 2 saturated heterocycles. The summed E-state index contributed by atoms with van der Waals surface area (Å²) in [4.78, 5) is 8.03. The Morgan fingerprint density at radius 3 is 2.17 bits per heavy atom. The van der Waals surface area contributed by atoms with Gasteiger partial charge in [0, 0.05) is 44.8 Å². The zero-order chi connectivity index (χ0) is 19.6. The number of hydrogen-bond donors (Lipinski definition) is 0. The van der Waals surface area contributed by atoms with Crippen molar-refractivity contribution in [3.63, 3.8) is 0 Å². The molecule has 2 aliphatic heterocycles.